The highest BCUT2D eigenvalue weighted by Crippen LogP contribution is 2.30. The highest BCUT2D eigenvalue weighted by Gasteiger charge is 2.17. The number of hydrogen-bond acceptors (Lipinski definition) is 6. The molecular weight excluding hydrogens is 334 g/mol. The molecular formula is C19H21N3O4. The van der Waals surface area contributed by atoms with Crippen molar-refractivity contribution in [1.82, 2.24) is 9.78 Å². The SMILES string of the molecule is O=C(Cn1ncc(N2CCCCC2)cc1=O)c1ccc2c(c1)OCCO2. The summed E-state index contributed by atoms with van der Waals surface area (Å²) in [4.78, 5) is 27.1. The number of carbonyl (C=O) groups excluding carboxylic acids is 1. The summed E-state index contributed by atoms with van der Waals surface area (Å²) in [7, 11) is 0. The topological polar surface area (TPSA) is 73.7 Å². The van der Waals surface area contributed by atoms with Crippen LogP contribution in [0, 0.1) is 0 Å². The number of anilines is 1. The molecule has 1 fully saturated rings. The third kappa shape index (κ3) is 3.42. The molecule has 0 atom stereocenters. The van der Waals surface area contributed by atoms with Gasteiger partial charge >= 0.3 is 0 Å². The van der Waals surface area contributed by atoms with Crippen molar-refractivity contribution in [3.05, 3.63) is 46.4 Å². The van der Waals surface area contributed by atoms with E-state index in [4.69, 9.17) is 9.47 Å². The Kier molecular flexibility index (Phi) is 4.60. The monoisotopic (exact) mass is 355 g/mol. The molecule has 2 aliphatic rings. The first kappa shape index (κ1) is 16.6. The molecule has 0 amide bonds. The highest BCUT2D eigenvalue weighted by atomic mass is 16.6. The first-order chi connectivity index (χ1) is 12.7. The number of fused-ring (bicyclic) bond motifs is 1. The van der Waals surface area contributed by atoms with Crippen molar-refractivity contribution >= 4 is 11.5 Å². The van der Waals surface area contributed by atoms with Crippen LogP contribution in [0.2, 0.25) is 0 Å². The van der Waals surface area contributed by atoms with E-state index < -0.39 is 0 Å². The number of aromatic nitrogens is 2. The van der Waals surface area contributed by atoms with Gasteiger partial charge in [-0.1, -0.05) is 0 Å². The first-order valence-electron chi connectivity index (χ1n) is 8.96. The summed E-state index contributed by atoms with van der Waals surface area (Å²) in [5.74, 6) is 0.999. The Bertz CT molecular complexity index is 871. The second kappa shape index (κ2) is 7.19. The molecule has 7 heteroatoms. The van der Waals surface area contributed by atoms with E-state index in [0.717, 1.165) is 31.6 Å². The van der Waals surface area contributed by atoms with E-state index >= 15 is 0 Å². The van der Waals surface area contributed by atoms with E-state index in [-0.39, 0.29) is 17.9 Å². The van der Waals surface area contributed by atoms with Gasteiger partial charge in [0, 0.05) is 24.7 Å². The normalized spacial score (nSPS) is 16.4. The third-order valence-corrected chi connectivity index (χ3v) is 4.73. The Labute approximate surface area is 151 Å². The molecule has 0 saturated carbocycles. The van der Waals surface area contributed by atoms with Crippen LogP contribution in [0.5, 0.6) is 11.5 Å². The zero-order valence-corrected chi connectivity index (χ0v) is 14.5. The Balaban J connectivity index is 1.50. The Morgan fingerprint density at radius 3 is 2.58 bits per heavy atom. The molecule has 1 saturated heterocycles. The average Bonchev–Trinajstić information content (AvgIpc) is 2.69. The van der Waals surface area contributed by atoms with Gasteiger partial charge in [-0.2, -0.15) is 5.10 Å². The molecule has 7 nitrogen and oxygen atoms in total. The van der Waals surface area contributed by atoms with Gasteiger partial charge < -0.3 is 14.4 Å². The molecule has 0 bridgehead atoms. The fourth-order valence-corrected chi connectivity index (χ4v) is 3.31. The minimum Gasteiger partial charge on any atom is -0.486 e. The number of rotatable bonds is 4. The largest absolute Gasteiger partial charge is 0.486 e. The molecule has 1 aromatic carbocycles. The molecule has 26 heavy (non-hydrogen) atoms. The molecule has 3 heterocycles. The minimum atomic E-state index is -0.265. The minimum absolute atomic E-state index is 0.0985. The molecule has 2 aromatic rings. The van der Waals surface area contributed by atoms with Crippen LogP contribution < -0.4 is 19.9 Å². The van der Waals surface area contributed by atoms with Crippen LogP contribution in [0.1, 0.15) is 29.6 Å². The quantitative estimate of drug-likeness (QED) is 0.780. The molecule has 1 aromatic heterocycles. The summed E-state index contributed by atoms with van der Waals surface area (Å²) in [6.45, 7) is 2.76. The van der Waals surface area contributed by atoms with Gasteiger partial charge in [-0.3, -0.25) is 9.59 Å². The maximum Gasteiger partial charge on any atom is 0.269 e. The average molecular weight is 355 g/mol. The number of ketones is 1. The third-order valence-electron chi connectivity index (χ3n) is 4.73. The van der Waals surface area contributed by atoms with Gasteiger partial charge in [0.05, 0.1) is 11.9 Å². The second-order valence-corrected chi connectivity index (χ2v) is 6.54. The molecule has 0 unspecified atom stereocenters. The number of piperidine rings is 1. The van der Waals surface area contributed by atoms with Gasteiger partial charge in [-0.05, 0) is 37.5 Å². The lowest BCUT2D eigenvalue weighted by atomic mass is 10.1. The second-order valence-electron chi connectivity index (χ2n) is 6.54. The van der Waals surface area contributed by atoms with Crippen LogP contribution in [0.4, 0.5) is 5.69 Å². The first-order valence-corrected chi connectivity index (χ1v) is 8.96. The maximum atomic E-state index is 12.5. The number of benzene rings is 1. The van der Waals surface area contributed by atoms with Crippen molar-refractivity contribution < 1.29 is 14.3 Å². The molecule has 2 aliphatic heterocycles. The van der Waals surface area contributed by atoms with Crippen LogP contribution >= 0.6 is 0 Å². The molecule has 0 N–H and O–H groups in total. The lowest BCUT2D eigenvalue weighted by Gasteiger charge is -2.28. The predicted octanol–water partition coefficient (Wildman–Crippen LogP) is 1.89. The lowest BCUT2D eigenvalue weighted by molar-refractivity contribution is 0.0964. The van der Waals surface area contributed by atoms with Gasteiger partial charge in [0.1, 0.15) is 19.8 Å². The Hall–Kier alpha value is -2.83. The lowest BCUT2D eigenvalue weighted by Crippen LogP contribution is -2.32. The summed E-state index contributed by atoms with van der Waals surface area (Å²) in [6, 6.07) is 6.62. The van der Waals surface area contributed by atoms with Gasteiger partial charge in [0.2, 0.25) is 0 Å². The number of nitrogens with zero attached hydrogens (tertiary/aromatic N) is 3. The molecule has 0 aliphatic carbocycles. The zero-order chi connectivity index (χ0) is 17.9. The van der Waals surface area contributed by atoms with E-state index in [1.165, 1.54) is 11.1 Å². The summed E-state index contributed by atoms with van der Waals surface area (Å²) in [5.41, 5.74) is 1.04. The highest BCUT2D eigenvalue weighted by molar-refractivity contribution is 5.96. The van der Waals surface area contributed by atoms with Crippen molar-refractivity contribution in [2.24, 2.45) is 0 Å². The maximum absolute atomic E-state index is 12.5. The fourth-order valence-electron chi connectivity index (χ4n) is 3.31. The summed E-state index contributed by atoms with van der Waals surface area (Å²) in [5, 5.41) is 4.19. The molecule has 4 rings (SSSR count). The number of carbonyl (C=O) groups is 1. The zero-order valence-electron chi connectivity index (χ0n) is 14.5. The molecule has 0 spiro atoms. The van der Waals surface area contributed by atoms with Gasteiger partial charge in [-0.15, -0.1) is 0 Å². The smallest absolute Gasteiger partial charge is 0.269 e. The van der Waals surface area contributed by atoms with E-state index in [1.54, 1.807) is 30.5 Å². The molecule has 0 radical (unpaired) electrons. The van der Waals surface area contributed by atoms with E-state index in [9.17, 15) is 9.59 Å². The van der Waals surface area contributed by atoms with Crippen molar-refractivity contribution in [3.8, 4) is 11.5 Å². The van der Waals surface area contributed by atoms with E-state index in [1.807, 2.05) is 0 Å². The summed E-state index contributed by atoms with van der Waals surface area (Å²) >= 11 is 0. The Morgan fingerprint density at radius 2 is 1.81 bits per heavy atom. The predicted molar refractivity (Wildman–Crippen MR) is 96.3 cm³/mol. The van der Waals surface area contributed by atoms with Crippen LogP contribution in [0.25, 0.3) is 0 Å². The number of hydrogen-bond donors (Lipinski definition) is 0. The summed E-state index contributed by atoms with van der Waals surface area (Å²) < 4.78 is 12.2. The number of Topliss-reactive ketones (excluding diaryl/α,β-unsaturated/α-hetero) is 1. The van der Waals surface area contributed by atoms with Crippen molar-refractivity contribution in [3.63, 3.8) is 0 Å². The van der Waals surface area contributed by atoms with Gasteiger partial charge in [-0.25, -0.2) is 4.68 Å². The van der Waals surface area contributed by atoms with Crippen molar-refractivity contribution in [1.29, 1.82) is 0 Å². The van der Waals surface area contributed by atoms with Crippen molar-refractivity contribution in [2.75, 3.05) is 31.2 Å². The van der Waals surface area contributed by atoms with Crippen LogP contribution in [0.15, 0.2) is 35.3 Å². The Morgan fingerprint density at radius 1 is 1.04 bits per heavy atom. The van der Waals surface area contributed by atoms with Crippen molar-refractivity contribution in [2.45, 2.75) is 25.8 Å². The van der Waals surface area contributed by atoms with Crippen LogP contribution in [0.3, 0.4) is 0 Å². The van der Waals surface area contributed by atoms with Gasteiger partial charge in [0.25, 0.3) is 5.56 Å². The summed E-state index contributed by atoms with van der Waals surface area (Å²) in [6.07, 6.45) is 5.16. The van der Waals surface area contributed by atoms with Crippen LogP contribution in [-0.4, -0.2) is 41.9 Å². The fraction of sp³-hybridized carbons (Fsp3) is 0.421. The van der Waals surface area contributed by atoms with Gasteiger partial charge in [0.15, 0.2) is 17.3 Å². The number of ether oxygens (including phenoxy) is 2. The van der Waals surface area contributed by atoms with Crippen LogP contribution in [-0.2, 0) is 6.54 Å². The van der Waals surface area contributed by atoms with E-state index in [2.05, 4.69) is 10.00 Å². The molecule has 136 valence electrons. The van der Waals surface area contributed by atoms with E-state index in [0.29, 0.717) is 30.3 Å². The standard InChI is InChI=1S/C19H21N3O4/c23-16(14-4-5-17-18(10-14)26-9-8-25-17)13-22-19(24)11-15(12-20-22)21-6-2-1-3-7-21/h4-5,10-12H,1-3,6-9,13H2.